The van der Waals surface area contributed by atoms with E-state index in [9.17, 15) is 5.11 Å². The molecule has 20 heavy (non-hydrogen) atoms. The molecule has 1 aliphatic heterocycles. The summed E-state index contributed by atoms with van der Waals surface area (Å²) in [5.74, 6) is 0.827. The summed E-state index contributed by atoms with van der Waals surface area (Å²) in [5, 5.41) is 11.2. The molecule has 1 aliphatic rings. The molecular formula is C16H14BrClO2. The molecule has 3 rings (SSSR count). The predicted octanol–water partition coefficient (Wildman–Crippen LogP) is 4.31. The van der Waals surface area contributed by atoms with E-state index in [1.54, 1.807) is 0 Å². The van der Waals surface area contributed by atoms with Gasteiger partial charge in [0.2, 0.25) is 0 Å². The van der Waals surface area contributed by atoms with Gasteiger partial charge >= 0.3 is 0 Å². The molecule has 0 radical (unpaired) electrons. The Morgan fingerprint density at radius 2 is 2.10 bits per heavy atom. The first-order valence-electron chi connectivity index (χ1n) is 6.52. The molecule has 1 N–H and O–H groups in total. The predicted molar refractivity (Wildman–Crippen MR) is 83.5 cm³/mol. The summed E-state index contributed by atoms with van der Waals surface area (Å²) in [6, 6.07) is 11.6. The van der Waals surface area contributed by atoms with Crippen molar-refractivity contribution in [2.75, 3.05) is 6.61 Å². The first-order valence-corrected chi connectivity index (χ1v) is 7.69. The topological polar surface area (TPSA) is 29.5 Å². The number of benzene rings is 2. The Morgan fingerprint density at radius 1 is 1.30 bits per heavy atom. The van der Waals surface area contributed by atoms with Crippen LogP contribution in [0.1, 0.15) is 22.8 Å². The van der Waals surface area contributed by atoms with Crippen LogP contribution in [0.25, 0.3) is 0 Å². The zero-order valence-corrected chi connectivity index (χ0v) is 13.1. The van der Waals surface area contributed by atoms with Crippen molar-refractivity contribution >= 4 is 27.5 Å². The van der Waals surface area contributed by atoms with E-state index in [0.717, 1.165) is 33.3 Å². The van der Waals surface area contributed by atoms with E-state index in [0.29, 0.717) is 18.1 Å². The molecule has 0 spiro atoms. The first-order chi connectivity index (χ1) is 9.65. The number of halogens is 2. The van der Waals surface area contributed by atoms with Gasteiger partial charge in [-0.2, -0.15) is 0 Å². The molecule has 4 heteroatoms. The van der Waals surface area contributed by atoms with Crippen LogP contribution in [-0.2, 0) is 12.8 Å². The number of hydrogen-bond donors (Lipinski definition) is 1. The van der Waals surface area contributed by atoms with Crippen molar-refractivity contribution in [3.63, 3.8) is 0 Å². The highest BCUT2D eigenvalue weighted by Gasteiger charge is 2.22. The maximum atomic E-state index is 10.5. The van der Waals surface area contributed by atoms with Crippen LogP contribution in [0.3, 0.4) is 0 Å². The molecule has 104 valence electrons. The number of hydrogen-bond acceptors (Lipinski definition) is 2. The van der Waals surface area contributed by atoms with Crippen LogP contribution in [0.4, 0.5) is 0 Å². The van der Waals surface area contributed by atoms with E-state index in [4.69, 9.17) is 16.3 Å². The van der Waals surface area contributed by atoms with Gasteiger partial charge in [-0.05, 0) is 29.3 Å². The van der Waals surface area contributed by atoms with Gasteiger partial charge in [0.25, 0.3) is 0 Å². The third kappa shape index (κ3) is 2.71. The zero-order valence-electron chi connectivity index (χ0n) is 10.8. The normalized spacial score (nSPS) is 14.8. The largest absolute Gasteiger partial charge is 0.493 e. The minimum absolute atomic E-state index is 0.478. The Morgan fingerprint density at radius 3 is 2.90 bits per heavy atom. The van der Waals surface area contributed by atoms with Crippen molar-refractivity contribution in [3.8, 4) is 5.75 Å². The van der Waals surface area contributed by atoms with Crippen molar-refractivity contribution < 1.29 is 9.84 Å². The fourth-order valence-corrected chi connectivity index (χ4v) is 3.26. The van der Waals surface area contributed by atoms with Crippen molar-refractivity contribution in [3.05, 3.63) is 62.6 Å². The SMILES string of the molecule is OC(Cc1ccccc1Cl)c1cc(Br)cc2c1OCC2. The van der Waals surface area contributed by atoms with Crippen LogP contribution in [-0.4, -0.2) is 11.7 Å². The molecule has 0 saturated carbocycles. The van der Waals surface area contributed by atoms with Gasteiger partial charge in [-0.15, -0.1) is 0 Å². The smallest absolute Gasteiger partial charge is 0.128 e. The molecule has 2 aromatic carbocycles. The lowest BCUT2D eigenvalue weighted by atomic mass is 9.98. The highest BCUT2D eigenvalue weighted by molar-refractivity contribution is 9.10. The van der Waals surface area contributed by atoms with Gasteiger partial charge in [0.15, 0.2) is 0 Å². The number of aliphatic hydroxyl groups is 1. The Kier molecular flexibility index (Phi) is 4.01. The fraction of sp³-hybridized carbons (Fsp3) is 0.250. The van der Waals surface area contributed by atoms with E-state index in [1.165, 1.54) is 0 Å². The van der Waals surface area contributed by atoms with E-state index in [2.05, 4.69) is 15.9 Å². The van der Waals surface area contributed by atoms with Crippen molar-refractivity contribution in [2.45, 2.75) is 18.9 Å². The van der Waals surface area contributed by atoms with Gasteiger partial charge in [-0.1, -0.05) is 45.7 Å². The Labute approximate surface area is 131 Å². The molecule has 2 aromatic rings. The van der Waals surface area contributed by atoms with Crippen molar-refractivity contribution in [1.29, 1.82) is 0 Å². The summed E-state index contributed by atoms with van der Waals surface area (Å²) >= 11 is 9.64. The molecule has 1 atom stereocenters. The molecular weight excluding hydrogens is 340 g/mol. The van der Waals surface area contributed by atoms with Crippen LogP contribution >= 0.6 is 27.5 Å². The molecule has 0 amide bonds. The second-order valence-electron chi connectivity index (χ2n) is 4.89. The Hall–Kier alpha value is -1.03. The van der Waals surface area contributed by atoms with Crippen LogP contribution in [0.5, 0.6) is 5.75 Å². The summed E-state index contributed by atoms with van der Waals surface area (Å²) < 4.78 is 6.63. The minimum Gasteiger partial charge on any atom is -0.493 e. The molecule has 0 aliphatic carbocycles. The summed E-state index contributed by atoms with van der Waals surface area (Å²) in [6.45, 7) is 0.678. The highest BCUT2D eigenvalue weighted by atomic mass is 79.9. The van der Waals surface area contributed by atoms with Crippen molar-refractivity contribution in [2.24, 2.45) is 0 Å². The van der Waals surface area contributed by atoms with Gasteiger partial charge < -0.3 is 9.84 Å². The highest BCUT2D eigenvalue weighted by Crippen LogP contribution is 2.37. The van der Waals surface area contributed by atoms with Crippen LogP contribution in [0.2, 0.25) is 5.02 Å². The molecule has 0 fully saturated rings. The monoisotopic (exact) mass is 352 g/mol. The molecule has 1 heterocycles. The second-order valence-corrected chi connectivity index (χ2v) is 6.22. The lowest BCUT2D eigenvalue weighted by molar-refractivity contribution is 0.173. The summed E-state index contributed by atoms with van der Waals surface area (Å²) in [7, 11) is 0. The van der Waals surface area contributed by atoms with Gasteiger partial charge in [0.1, 0.15) is 5.75 Å². The first kappa shape index (κ1) is 13.9. The van der Waals surface area contributed by atoms with Crippen LogP contribution < -0.4 is 4.74 Å². The number of aliphatic hydroxyl groups excluding tert-OH is 1. The standard InChI is InChI=1S/C16H14BrClO2/c17-12-7-11-5-6-20-16(11)13(9-12)15(19)8-10-3-1-2-4-14(10)18/h1-4,7,9,15,19H,5-6,8H2. The van der Waals surface area contributed by atoms with Gasteiger partial charge in [-0.25, -0.2) is 0 Å². The molecule has 0 aromatic heterocycles. The lowest BCUT2D eigenvalue weighted by Crippen LogP contribution is -2.04. The van der Waals surface area contributed by atoms with Crippen LogP contribution in [0.15, 0.2) is 40.9 Å². The molecule has 1 unspecified atom stereocenters. The second kappa shape index (κ2) is 5.76. The van der Waals surface area contributed by atoms with E-state index < -0.39 is 6.10 Å². The lowest BCUT2D eigenvalue weighted by Gasteiger charge is -2.16. The summed E-state index contributed by atoms with van der Waals surface area (Å²) in [4.78, 5) is 0. The van der Waals surface area contributed by atoms with Crippen LogP contribution in [0, 0.1) is 0 Å². The third-order valence-corrected chi connectivity index (χ3v) is 4.33. The average molecular weight is 354 g/mol. The maximum Gasteiger partial charge on any atom is 0.128 e. The number of ether oxygens (including phenoxy) is 1. The minimum atomic E-state index is -0.626. The maximum absolute atomic E-state index is 10.5. The van der Waals surface area contributed by atoms with E-state index in [-0.39, 0.29) is 0 Å². The fourth-order valence-electron chi connectivity index (χ4n) is 2.53. The number of rotatable bonds is 3. The average Bonchev–Trinajstić information content (AvgIpc) is 2.88. The van der Waals surface area contributed by atoms with Gasteiger partial charge in [0.05, 0.1) is 12.7 Å². The Balaban J connectivity index is 1.92. The molecule has 0 saturated heterocycles. The summed E-state index contributed by atoms with van der Waals surface area (Å²) in [5.41, 5.74) is 2.91. The Bertz CT molecular complexity index is 642. The van der Waals surface area contributed by atoms with E-state index in [1.807, 2.05) is 36.4 Å². The number of fused-ring (bicyclic) bond motifs is 1. The van der Waals surface area contributed by atoms with Gasteiger partial charge in [-0.3, -0.25) is 0 Å². The van der Waals surface area contributed by atoms with Gasteiger partial charge in [0, 0.05) is 27.9 Å². The summed E-state index contributed by atoms with van der Waals surface area (Å²) in [6.07, 6.45) is 0.742. The quantitative estimate of drug-likeness (QED) is 0.891. The molecule has 2 nitrogen and oxygen atoms in total. The zero-order chi connectivity index (χ0) is 14.1. The third-order valence-electron chi connectivity index (χ3n) is 3.51. The van der Waals surface area contributed by atoms with Crippen molar-refractivity contribution in [1.82, 2.24) is 0 Å². The van der Waals surface area contributed by atoms with E-state index >= 15 is 0 Å². The molecule has 0 bridgehead atoms.